The number of aliphatic hydroxyl groups excluding tert-OH is 1. The fourth-order valence-corrected chi connectivity index (χ4v) is 3.63. The average molecular weight is 302 g/mol. The minimum Gasteiger partial charge on any atom is -0.390 e. The third-order valence-electron chi connectivity index (χ3n) is 3.88. The molecule has 0 saturated heterocycles. The van der Waals surface area contributed by atoms with E-state index in [1.165, 1.54) is 6.07 Å². The highest BCUT2D eigenvalue weighted by molar-refractivity contribution is 7.89. The quantitative estimate of drug-likeness (QED) is 0.812. The molecule has 0 bridgehead atoms. The van der Waals surface area contributed by atoms with E-state index in [0.717, 1.165) is 12.8 Å². The second kappa shape index (κ2) is 6.28. The lowest BCUT2D eigenvalue weighted by molar-refractivity contribution is 0.268. The molecule has 0 aliphatic rings. The van der Waals surface area contributed by atoms with Gasteiger partial charge in [0.05, 0.1) is 6.61 Å². The van der Waals surface area contributed by atoms with Crippen LogP contribution in [0.4, 0.5) is 0 Å². The summed E-state index contributed by atoms with van der Waals surface area (Å²) < 4.78 is 29.5. The Morgan fingerprint density at radius 1 is 1.35 bits per heavy atom. The summed E-state index contributed by atoms with van der Waals surface area (Å²) in [6.45, 7) is 9.55. The summed E-state index contributed by atoms with van der Waals surface area (Å²) >= 11 is 0. The summed E-state index contributed by atoms with van der Waals surface area (Å²) in [7, 11) is -3.57. The van der Waals surface area contributed by atoms with Gasteiger partial charge >= 0.3 is 0 Å². The topological polar surface area (TPSA) is 71.3 Å². The first-order valence-electron chi connectivity index (χ1n) is 7.04. The van der Waals surface area contributed by atoms with Gasteiger partial charge in [-0.1, -0.05) is 13.8 Å². The van der Waals surface area contributed by atoms with Crippen LogP contribution in [-0.2, 0) is 16.6 Å². The van der Waals surface area contributed by atoms with Crippen molar-refractivity contribution >= 4 is 10.0 Å². The Hall–Kier alpha value is -0.850. The molecule has 0 aliphatic carbocycles. The van der Waals surface area contributed by atoms with Crippen molar-refractivity contribution in [1.29, 1.82) is 0 Å². The SMILES string of the molecule is CCC(C)(CC)NS(=O)(=O)c1cc(CO)n(C(C)C)c1. The number of aliphatic hydroxyl groups is 1. The lowest BCUT2D eigenvalue weighted by Gasteiger charge is -2.27. The van der Waals surface area contributed by atoms with Crippen LogP contribution in [0, 0.1) is 0 Å². The van der Waals surface area contributed by atoms with E-state index >= 15 is 0 Å². The van der Waals surface area contributed by atoms with E-state index in [-0.39, 0.29) is 17.5 Å². The van der Waals surface area contributed by atoms with Gasteiger partial charge in [0, 0.05) is 23.5 Å². The molecule has 116 valence electrons. The summed E-state index contributed by atoms with van der Waals surface area (Å²) in [5, 5.41) is 9.34. The Morgan fingerprint density at radius 3 is 2.25 bits per heavy atom. The number of sulfonamides is 1. The van der Waals surface area contributed by atoms with Crippen LogP contribution in [0.25, 0.3) is 0 Å². The molecule has 0 aliphatic heterocycles. The van der Waals surface area contributed by atoms with Crippen molar-refractivity contribution in [3.8, 4) is 0 Å². The standard InChI is InChI=1S/C14H26N2O3S/c1-6-14(5,7-2)15-20(18,19)13-8-12(10-17)16(9-13)11(3)4/h8-9,11,15,17H,6-7,10H2,1-5H3. The van der Waals surface area contributed by atoms with E-state index < -0.39 is 15.6 Å². The smallest absolute Gasteiger partial charge is 0.242 e. The molecular weight excluding hydrogens is 276 g/mol. The van der Waals surface area contributed by atoms with E-state index in [9.17, 15) is 13.5 Å². The van der Waals surface area contributed by atoms with Crippen LogP contribution in [0.2, 0.25) is 0 Å². The fourth-order valence-electron chi connectivity index (χ4n) is 2.03. The normalized spacial score (nSPS) is 13.2. The second-order valence-electron chi connectivity index (χ2n) is 5.70. The monoisotopic (exact) mass is 302 g/mol. The molecule has 0 radical (unpaired) electrons. The summed E-state index contributed by atoms with van der Waals surface area (Å²) in [4.78, 5) is 0.211. The van der Waals surface area contributed by atoms with Crippen LogP contribution >= 0.6 is 0 Å². The van der Waals surface area contributed by atoms with E-state index in [4.69, 9.17) is 0 Å². The third-order valence-corrected chi connectivity index (χ3v) is 5.48. The Bertz CT molecular complexity index is 543. The maximum absolute atomic E-state index is 12.5. The second-order valence-corrected chi connectivity index (χ2v) is 7.38. The molecular formula is C14H26N2O3S. The Labute approximate surface area is 122 Å². The molecule has 0 spiro atoms. The van der Waals surface area contributed by atoms with Crippen LogP contribution in [0.3, 0.4) is 0 Å². The van der Waals surface area contributed by atoms with Crippen molar-refractivity contribution in [1.82, 2.24) is 9.29 Å². The Kier molecular flexibility index (Phi) is 5.40. The van der Waals surface area contributed by atoms with Gasteiger partial charge in [-0.25, -0.2) is 13.1 Å². The van der Waals surface area contributed by atoms with Gasteiger partial charge in [-0.2, -0.15) is 0 Å². The molecule has 20 heavy (non-hydrogen) atoms. The van der Waals surface area contributed by atoms with E-state index in [2.05, 4.69) is 4.72 Å². The molecule has 1 heterocycles. The maximum atomic E-state index is 12.5. The molecule has 0 atom stereocenters. The predicted molar refractivity (Wildman–Crippen MR) is 80.0 cm³/mol. The van der Waals surface area contributed by atoms with E-state index in [1.807, 2.05) is 34.6 Å². The lowest BCUT2D eigenvalue weighted by atomic mass is 9.98. The van der Waals surface area contributed by atoms with Crippen LogP contribution in [0.5, 0.6) is 0 Å². The van der Waals surface area contributed by atoms with Crippen molar-refractivity contribution in [2.75, 3.05) is 0 Å². The molecule has 1 rings (SSSR count). The summed E-state index contributed by atoms with van der Waals surface area (Å²) in [6, 6.07) is 1.64. The lowest BCUT2D eigenvalue weighted by Crippen LogP contribution is -2.44. The van der Waals surface area contributed by atoms with Gasteiger partial charge in [0.15, 0.2) is 0 Å². The molecule has 1 aromatic rings. The zero-order valence-corrected chi connectivity index (χ0v) is 13.8. The number of hydrogen-bond acceptors (Lipinski definition) is 3. The first-order chi connectivity index (χ1) is 9.19. The van der Waals surface area contributed by atoms with Gasteiger partial charge in [-0.15, -0.1) is 0 Å². The van der Waals surface area contributed by atoms with E-state index in [0.29, 0.717) is 5.69 Å². The minimum atomic E-state index is -3.57. The zero-order chi connectivity index (χ0) is 15.6. The first-order valence-corrected chi connectivity index (χ1v) is 8.53. The minimum absolute atomic E-state index is 0.102. The first kappa shape index (κ1) is 17.2. The maximum Gasteiger partial charge on any atom is 0.242 e. The highest BCUT2D eigenvalue weighted by Gasteiger charge is 2.28. The van der Waals surface area contributed by atoms with Gasteiger partial charge in [-0.05, 0) is 39.7 Å². The van der Waals surface area contributed by atoms with Gasteiger partial charge in [0.1, 0.15) is 4.90 Å². The molecule has 0 aromatic carbocycles. The number of hydrogen-bond donors (Lipinski definition) is 2. The van der Waals surface area contributed by atoms with Gasteiger partial charge < -0.3 is 9.67 Å². The van der Waals surface area contributed by atoms with Crippen molar-refractivity contribution in [3.63, 3.8) is 0 Å². The van der Waals surface area contributed by atoms with Gasteiger partial charge in [0.25, 0.3) is 0 Å². The number of rotatable bonds is 7. The van der Waals surface area contributed by atoms with Crippen molar-refractivity contribution in [3.05, 3.63) is 18.0 Å². The third kappa shape index (κ3) is 3.62. The Morgan fingerprint density at radius 2 is 1.90 bits per heavy atom. The molecule has 0 unspecified atom stereocenters. The highest BCUT2D eigenvalue weighted by Crippen LogP contribution is 2.22. The zero-order valence-electron chi connectivity index (χ0n) is 13.0. The molecule has 1 aromatic heterocycles. The molecule has 2 N–H and O–H groups in total. The van der Waals surface area contributed by atoms with Crippen molar-refractivity contribution in [2.45, 2.75) is 70.5 Å². The van der Waals surface area contributed by atoms with Crippen molar-refractivity contribution in [2.24, 2.45) is 0 Å². The number of nitrogens with one attached hydrogen (secondary N) is 1. The summed E-state index contributed by atoms with van der Waals surface area (Å²) in [6.07, 6.45) is 3.03. The molecule has 0 fully saturated rings. The Balaban J connectivity index is 3.17. The molecule has 0 amide bonds. The van der Waals surface area contributed by atoms with Gasteiger partial charge in [-0.3, -0.25) is 0 Å². The fraction of sp³-hybridized carbons (Fsp3) is 0.714. The van der Waals surface area contributed by atoms with Crippen LogP contribution < -0.4 is 4.72 Å². The predicted octanol–water partition coefficient (Wildman–Crippen LogP) is 2.42. The van der Waals surface area contributed by atoms with Crippen molar-refractivity contribution < 1.29 is 13.5 Å². The average Bonchev–Trinajstić information content (AvgIpc) is 2.83. The largest absolute Gasteiger partial charge is 0.390 e. The van der Waals surface area contributed by atoms with Crippen LogP contribution in [0.15, 0.2) is 17.2 Å². The molecule has 6 heteroatoms. The van der Waals surface area contributed by atoms with Crippen LogP contribution in [0.1, 0.15) is 59.2 Å². The van der Waals surface area contributed by atoms with Gasteiger partial charge in [0.2, 0.25) is 10.0 Å². The van der Waals surface area contributed by atoms with E-state index in [1.54, 1.807) is 10.8 Å². The molecule has 0 saturated carbocycles. The molecule has 5 nitrogen and oxygen atoms in total. The highest BCUT2D eigenvalue weighted by atomic mass is 32.2. The number of aromatic nitrogens is 1. The summed E-state index contributed by atoms with van der Waals surface area (Å²) in [5.74, 6) is 0. The van der Waals surface area contributed by atoms with Crippen LogP contribution in [-0.4, -0.2) is 23.6 Å². The number of nitrogens with zero attached hydrogens (tertiary/aromatic N) is 1. The summed E-state index contributed by atoms with van der Waals surface area (Å²) in [5.41, 5.74) is 0.160.